The molecular formula is C22H22F5N7O2. The van der Waals surface area contributed by atoms with Crippen LogP contribution >= 0.6 is 0 Å². The summed E-state index contributed by atoms with van der Waals surface area (Å²) in [6.07, 6.45) is -4.86. The molecule has 9 nitrogen and oxygen atoms in total. The number of nitrogens with zero attached hydrogens (tertiary/aromatic N) is 5. The first-order valence-corrected chi connectivity index (χ1v) is 11.3. The van der Waals surface area contributed by atoms with Crippen LogP contribution < -0.4 is 10.1 Å². The van der Waals surface area contributed by atoms with Gasteiger partial charge in [0, 0.05) is 17.8 Å². The van der Waals surface area contributed by atoms with Crippen LogP contribution in [0.2, 0.25) is 0 Å². The second-order valence-electron chi connectivity index (χ2n) is 8.53. The summed E-state index contributed by atoms with van der Waals surface area (Å²) in [7, 11) is 1.47. The Kier molecular flexibility index (Phi) is 6.36. The normalized spacial score (nSPS) is 18.9. The van der Waals surface area contributed by atoms with Crippen LogP contribution in [0.25, 0.3) is 33.2 Å². The second-order valence-corrected chi connectivity index (χ2v) is 8.53. The number of rotatable bonds is 7. The monoisotopic (exact) mass is 511 g/mol. The van der Waals surface area contributed by atoms with Crippen molar-refractivity contribution in [2.45, 2.75) is 57.2 Å². The van der Waals surface area contributed by atoms with E-state index in [2.05, 4.69) is 35.3 Å². The van der Waals surface area contributed by atoms with Crippen LogP contribution in [-0.4, -0.2) is 62.0 Å². The van der Waals surface area contributed by atoms with E-state index < -0.39 is 25.4 Å². The smallest absolute Gasteiger partial charge is 0.480 e. The van der Waals surface area contributed by atoms with E-state index in [9.17, 15) is 22.0 Å². The van der Waals surface area contributed by atoms with E-state index in [4.69, 9.17) is 4.74 Å². The van der Waals surface area contributed by atoms with E-state index in [1.807, 2.05) is 0 Å². The zero-order chi connectivity index (χ0) is 25.4. The Morgan fingerprint density at radius 3 is 2.64 bits per heavy atom. The summed E-state index contributed by atoms with van der Waals surface area (Å²) in [4.78, 5) is 12.1. The van der Waals surface area contributed by atoms with E-state index in [0.29, 0.717) is 46.0 Å². The highest BCUT2D eigenvalue weighted by Gasteiger charge is 2.35. The lowest BCUT2D eigenvalue weighted by Gasteiger charge is -2.29. The maximum Gasteiger partial charge on any atom is 0.522 e. The number of aromatic nitrogens is 6. The summed E-state index contributed by atoms with van der Waals surface area (Å²) in [5, 5.41) is 11.5. The minimum Gasteiger partial charge on any atom is -0.480 e. The van der Waals surface area contributed by atoms with E-state index in [1.54, 1.807) is 24.4 Å². The molecule has 1 fully saturated rings. The average molecular weight is 511 g/mol. The molecule has 2 N–H and O–H groups in total. The third-order valence-electron chi connectivity index (χ3n) is 6.14. The quantitative estimate of drug-likeness (QED) is 0.340. The largest absolute Gasteiger partial charge is 0.522 e. The molecule has 4 aromatic rings. The third kappa shape index (κ3) is 5.03. The van der Waals surface area contributed by atoms with Gasteiger partial charge in [0.25, 0.3) is 6.43 Å². The lowest BCUT2D eigenvalue weighted by molar-refractivity contribution is -0.345. The van der Waals surface area contributed by atoms with Crippen molar-refractivity contribution < 1.29 is 31.4 Å². The molecule has 1 saturated carbocycles. The SMILES string of the molecule is COc1nc(N[C@H]2CC[C@@H](OC(F)(F)F)CC2)nc2[nH]cc(-c3ccc4nnn(CC(F)F)c4c3)c12. The number of H-pyrrole nitrogens is 1. The number of anilines is 1. The molecule has 1 aliphatic carbocycles. The molecule has 1 aromatic carbocycles. The molecule has 192 valence electrons. The van der Waals surface area contributed by atoms with Crippen molar-refractivity contribution in [1.82, 2.24) is 29.9 Å². The highest BCUT2D eigenvalue weighted by molar-refractivity contribution is 5.99. The molecule has 0 bridgehead atoms. The summed E-state index contributed by atoms with van der Waals surface area (Å²) >= 11 is 0. The van der Waals surface area contributed by atoms with Gasteiger partial charge in [0.2, 0.25) is 11.8 Å². The summed E-state index contributed by atoms with van der Waals surface area (Å²) in [6, 6.07) is 5.09. The molecule has 14 heteroatoms. The van der Waals surface area contributed by atoms with Crippen LogP contribution in [0.3, 0.4) is 0 Å². The third-order valence-corrected chi connectivity index (χ3v) is 6.14. The fourth-order valence-electron chi connectivity index (χ4n) is 4.53. The van der Waals surface area contributed by atoms with Gasteiger partial charge in [-0.15, -0.1) is 18.3 Å². The van der Waals surface area contributed by atoms with Gasteiger partial charge in [-0.1, -0.05) is 11.3 Å². The molecule has 0 amide bonds. The highest BCUT2D eigenvalue weighted by Crippen LogP contribution is 2.36. The van der Waals surface area contributed by atoms with E-state index in [1.165, 1.54) is 7.11 Å². The fraction of sp³-hybridized carbons (Fsp3) is 0.455. The standard InChI is InChI=1S/C22H22F5N7O2/c1-35-20-18-14(11-2-7-15-16(8-11)34(33-32-15)10-17(23)24)9-28-19(18)30-21(31-20)29-12-3-5-13(6-4-12)36-22(25,26)27/h2,7-9,12-13,17H,3-6,10H2,1H3,(H2,28,29,30,31)/t12-,13+. The van der Waals surface area contributed by atoms with Gasteiger partial charge >= 0.3 is 6.36 Å². The fourth-order valence-corrected chi connectivity index (χ4v) is 4.53. The molecule has 3 heterocycles. The van der Waals surface area contributed by atoms with Gasteiger partial charge in [0.15, 0.2) is 0 Å². The van der Waals surface area contributed by atoms with Crippen LogP contribution in [0, 0.1) is 0 Å². The number of aromatic amines is 1. The second kappa shape index (κ2) is 9.48. The molecule has 0 aliphatic heterocycles. The Labute approximate surface area is 201 Å². The Balaban J connectivity index is 1.39. The van der Waals surface area contributed by atoms with E-state index in [-0.39, 0.29) is 30.7 Å². The van der Waals surface area contributed by atoms with Gasteiger partial charge in [-0.05, 0) is 43.4 Å². The Bertz CT molecular complexity index is 1360. The highest BCUT2D eigenvalue weighted by atomic mass is 19.4. The summed E-state index contributed by atoms with van der Waals surface area (Å²) in [5.74, 6) is 0.565. The molecule has 36 heavy (non-hydrogen) atoms. The van der Waals surface area contributed by atoms with Gasteiger partial charge in [0.05, 0.1) is 24.1 Å². The van der Waals surface area contributed by atoms with Gasteiger partial charge in [-0.2, -0.15) is 9.97 Å². The zero-order valence-electron chi connectivity index (χ0n) is 19.0. The number of benzene rings is 1. The van der Waals surface area contributed by atoms with E-state index in [0.717, 1.165) is 4.68 Å². The van der Waals surface area contributed by atoms with Crippen molar-refractivity contribution in [2.75, 3.05) is 12.4 Å². The summed E-state index contributed by atoms with van der Waals surface area (Å²) in [6.45, 7) is -0.570. The van der Waals surface area contributed by atoms with Crippen LogP contribution in [0.15, 0.2) is 24.4 Å². The summed E-state index contributed by atoms with van der Waals surface area (Å²) < 4.78 is 74.0. The molecule has 0 atom stereocenters. The van der Waals surface area contributed by atoms with Crippen LogP contribution in [-0.2, 0) is 11.3 Å². The van der Waals surface area contributed by atoms with Crippen LogP contribution in [0.5, 0.6) is 5.88 Å². The van der Waals surface area contributed by atoms with Gasteiger partial charge in [0.1, 0.15) is 17.7 Å². The number of halogens is 5. The number of hydrogen-bond donors (Lipinski definition) is 2. The van der Waals surface area contributed by atoms with Gasteiger partial charge < -0.3 is 15.0 Å². The lowest BCUT2D eigenvalue weighted by Crippen LogP contribution is -2.33. The predicted octanol–water partition coefficient (Wildman–Crippen LogP) is 4.90. The first-order valence-electron chi connectivity index (χ1n) is 11.3. The Morgan fingerprint density at radius 2 is 1.94 bits per heavy atom. The maximum atomic E-state index is 12.9. The number of fused-ring (bicyclic) bond motifs is 2. The molecule has 0 saturated heterocycles. The number of methoxy groups -OCH3 is 1. The van der Waals surface area contributed by atoms with Crippen molar-refractivity contribution in [2.24, 2.45) is 0 Å². The average Bonchev–Trinajstić information content (AvgIpc) is 3.42. The van der Waals surface area contributed by atoms with Gasteiger partial charge in [-0.25, -0.2) is 13.5 Å². The number of ether oxygens (including phenoxy) is 2. The Hall–Kier alpha value is -3.55. The van der Waals surface area contributed by atoms with Crippen molar-refractivity contribution in [1.29, 1.82) is 0 Å². The van der Waals surface area contributed by atoms with Crippen molar-refractivity contribution in [3.8, 4) is 17.0 Å². The molecular weight excluding hydrogens is 489 g/mol. The number of hydrogen-bond acceptors (Lipinski definition) is 7. The molecule has 5 rings (SSSR count). The predicted molar refractivity (Wildman–Crippen MR) is 120 cm³/mol. The van der Waals surface area contributed by atoms with Crippen molar-refractivity contribution in [3.63, 3.8) is 0 Å². The topological polar surface area (TPSA) is 103 Å². The molecule has 0 radical (unpaired) electrons. The zero-order valence-corrected chi connectivity index (χ0v) is 19.0. The number of alkyl halides is 5. The molecule has 0 spiro atoms. The lowest BCUT2D eigenvalue weighted by atomic mass is 9.93. The summed E-state index contributed by atoms with van der Waals surface area (Å²) in [5.41, 5.74) is 2.84. The molecule has 0 unspecified atom stereocenters. The minimum absolute atomic E-state index is 0.111. The van der Waals surface area contributed by atoms with Gasteiger partial charge in [-0.3, -0.25) is 4.74 Å². The Morgan fingerprint density at radius 1 is 1.17 bits per heavy atom. The van der Waals surface area contributed by atoms with E-state index >= 15 is 0 Å². The van der Waals surface area contributed by atoms with Crippen LogP contribution in [0.1, 0.15) is 25.7 Å². The molecule has 3 aromatic heterocycles. The first-order chi connectivity index (χ1) is 17.2. The van der Waals surface area contributed by atoms with Crippen molar-refractivity contribution in [3.05, 3.63) is 24.4 Å². The van der Waals surface area contributed by atoms with Crippen molar-refractivity contribution >= 4 is 28.0 Å². The number of nitrogens with one attached hydrogen (secondary N) is 2. The first kappa shape index (κ1) is 24.2. The minimum atomic E-state index is -4.64. The maximum absolute atomic E-state index is 12.9. The van der Waals surface area contributed by atoms with Crippen LogP contribution in [0.4, 0.5) is 27.9 Å². The molecule has 1 aliphatic rings.